The summed E-state index contributed by atoms with van der Waals surface area (Å²) < 4.78 is 0. The van der Waals surface area contributed by atoms with Crippen LogP contribution in [0.4, 0.5) is 0 Å². The lowest BCUT2D eigenvalue weighted by Crippen LogP contribution is -2.29. The summed E-state index contributed by atoms with van der Waals surface area (Å²) >= 11 is 0. The number of hydrogen-bond acceptors (Lipinski definition) is 4. The number of carbonyl (C=O) groups excluding carboxylic acids is 1. The average molecular weight is 296 g/mol. The Morgan fingerprint density at radius 2 is 2.14 bits per heavy atom. The lowest BCUT2D eigenvalue weighted by atomic mass is 10.00. The molecule has 1 saturated heterocycles. The Balaban J connectivity index is 1.47. The molecule has 0 spiro atoms. The largest absolute Gasteiger partial charge is 0.342 e. The number of carbonyl (C=O) groups is 1. The van der Waals surface area contributed by atoms with Crippen molar-refractivity contribution in [2.75, 3.05) is 13.1 Å². The minimum Gasteiger partial charge on any atom is -0.342 e. The zero-order valence-electron chi connectivity index (χ0n) is 12.6. The summed E-state index contributed by atoms with van der Waals surface area (Å²) in [5.74, 6) is 3.24. The Morgan fingerprint density at radius 3 is 2.82 bits per heavy atom. The first-order valence-corrected chi connectivity index (χ1v) is 7.78. The summed E-state index contributed by atoms with van der Waals surface area (Å²) in [7, 11) is 0. The topological polar surface area (TPSA) is 57.9 Å². The fourth-order valence-corrected chi connectivity index (χ4v) is 3.03. The van der Waals surface area contributed by atoms with Crippen LogP contribution in [0, 0.1) is 12.3 Å². The van der Waals surface area contributed by atoms with Gasteiger partial charge in [0.1, 0.15) is 0 Å². The Hall–Kier alpha value is -2.22. The van der Waals surface area contributed by atoms with E-state index in [4.69, 9.17) is 6.42 Å². The fraction of sp³-hybridized carbons (Fsp3) is 0.529. The van der Waals surface area contributed by atoms with Crippen LogP contribution in [0.5, 0.6) is 0 Å². The van der Waals surface area contributed by atoms with Crippen LogP contribution >= 0.6 is 0 Å². The van der Waals surface area contributed by atoms with E-state index in [1.807, 2.05) is 29.4 Å². The van der Waals surface area contributed by atoms with Gasteiger partial charge in [-0.1, -0.05) is 0 Å². The SMILES string of the molecule is C#CCCC1(CCC(=O)N2CCC(c3ccncc3)C2)N=N1. The van der Waals surface area contributed by atoms with E-state index in [9.17, 15) is 4.79 Å². The van der Waals surface area contributed by atoms with E-state index in [-0.39, 0.29) is 11.6 Å². The maximum Gasteiger partial charge on any atom is 0.222 e. The second-order valence-electron chi connectivity index (χ2n) is 5.99. The smallest absolute Gasteiger partial charge is 0.222 e. The molecule has 5 nitrogen and oxygen atoms in total. The van der Waals surface area contributed by atoms with Crippen molar-refractivity contribution in [1.82, 2.24) is 9.88 Å². The molecule has 1 fully saturated rings. The van der Waals surface area contributed by atoms with Gasteiger partial charge in [0, 0.05) is 57.1 Å². The molecule has 2 aliphatic heterocycles. The minimum absolute atomic E-state index is 0.203. The van der Waals surface area contributed by atoms with Crippen molar-refractivity contribution < 1.29 is 4.79 Å². The van der Waals surface area contributed by atoms with Gasteiger partial charge in [0.25, 0.3) is 0 Å². The second kappa shape index (κ2) is 6.27. The summed E-state index contributed by atoms with van der Waals surface area (Å²) in [6.45, 7) is 1.63. The van der Waals surface area contributed by atoms with Crippen LogP contribution < -0.4 is 0 Å². The molecule has 3 rings (SSSR count). The summed E-state index contributed by atoms with van der Waals surface area (Å²) in [5, 5.41) is 8.17. The molecular weight excluding hydrogens is 276 g/mol. The molecule has 0 bridgehead atoms. The van der Waals surface area contributed by atoms with Crippen molar-refractivity contribution in [3.8, 4) is 12.3 Å². The number of nitrogens with zero attached hydrogens (tertiary/aromatic N) is 4. The second-order valence-corrected chi connectivity index (χ2v) is 5.99. The Morgan fingerprint density at radius 1 is 1.36 bits per heavy atom. The summed E-state index contributed by atoms with van der Waals surface area (Å²) in [6, 6.07) is 4.07. The van der Waals surface area contributed by atoms with Crippen molar-refractivity contribution in [3.05, 3.63) is 30.1 Å². The van der Waals surface area contributed by atoms with E-state index in [0.29, 0.717) is 25.2 Å². The Bertz CT molecular complexity index is 599. The van der Waals surface area contributed by atoms with Crippen LogP contribution in [0.25, 0.3) is 0 Å². The van der Waals surface area contributed by atoms with Crippen LogP contribution in [-0.4, -0.2) is 34.5 Å². The number of hydrogen-bond donors (Lipinski definition) is 0. The first kappa shape index (κ1) is 14.7. The van der Waals surface area contributed by atoms with E-state index < -0.39 is 0 Å². The predicted octanol–water partition coefficient (Wildman–Crippen LogP) is 2.75. The monoisotopic (exact) mass is 296 g/mol. The van der Waals surface area contributed by atoms with Gasteiger partial charge in [-0.3, -0.25) is 9.78 Å². The van der Waals surface area contributed by atoms with Crippen molar-refractivity contribution in [1.29, 1.82) is 0 Å². The molecule has 1 aromatic heterocycles. The van der Waals surface area contributed by atoms with Gasteiger partial charge >= 0.3 is 0 Å². The molecular formula is C17H20N4O. The van der Waals surface area contributed by atoms with Gasteiger partial charge in [0.05, 0.1) is 0 Å². The lowest BCUT2D eigenvalue weighted by molar-refractivity contribution is -0.130. The van der Waals surface area contributed by atoms with Crippen molar-refractivity contribution in [3.63, 3.8) is 0 Å². The molecule has 0 aliphatic carbocycles. The Kier molecular flexibility index (Phi) is 4.19. The first-order valence-electron chi connectivity index (χ1n) is 7.78. The number of likely N-dealkylation sites (tertiary alicyclic amines) is 1. The molecule has 3 heterocycles. The maximum atomic E-state index is 12.4. The zero-order valence-corrected chi connectivity index (χ0v) is 12.6. The van der Waals surface area contributed by atoms with E-state index in [1.165, 1.54) is 5.56 Å². The van der Waals surface area contributed by atoms with Gasteiger partial charge in [0.2, 0.25) is 5.91 Å². The molecule has 0 saturated carbocycles. The molecule has 0 radical (unpaired) electrons. The highest BCUT2D eigenvalue weighted by Crippen LogP contribution is 2.38. The van der Waals surface area contributed by atoms with E-state index in [0.717, 1.165) is 25.9 Å². The summed E-state index contributed by atoms with van der Waals surface area (Å²) in [6.07, 6.45) is 12.5. The van der Waals surface area contributed by atoms with Crippen LogP contribution in [0.2, 0.25) is 0 Å². The van der Waals surface area contributed by atoms with Gasteiger partial charge in [-0.2, -0.15) is 10.2 Å². The number of amides is 1. The number of aromatic nitrogens is 1. The molecule has 1 atom stereocenters. The molecule has 22 heavy (non-hydrogen) atoms. The van der Waals surface area contributed by atoms with Crippen LogP contribution in [-0.2, 0) is 4.79 Å². The first-order chi connectivity index (χ1) is 10.7. The lowest BCUT2D eigenvalue weighted by Gasteiger charge is -2.17. The van der Waals surface area contributed by atoms with Gasteiger partial charge in [-0.15, -0.1) is 12.3 Å². The third-order valence-corrected chi connectivity index (χ3v) is 4.51. The zero-order chi connectivity index (χ0) is 15.4. The molecule has 2 aliphatic rings. The highest BCUT2D eigenvalue weighted by atomic mass is 16.2. The van der Waals surface area contributed by atoms with Crippen LogP contribution in [0.1, 0.15) is 43.6 Å². The number of pyridine rings is 1. The number of terminal acetylenes is 1. The highest BCUT2D eigenvalue weighted by molar-refractivity contribution is 5.76. The molecule has 114 valence electrons. The molecule has 0 N–H and O–H groups in total. The van der Waals surface area contributed by atoms with Crippen LogP contribution in [0.3, 0.4) is 0 Å². The van der Waals surface area contributed by atoms with Gasteiger partial charge in [0.15, 0.2) is 5.66 Å². The van der Waals surface area contributed by atoms with Gasteiger partial charge in [-0.25, -0.2) is 0 Å². The fourth-order valence-electron chi connectivity index (χ4n) is 3.03. The molecule has 5 heteroatoms. The van der Waals surface area contributed by atoms with Gasteiger partial charge in [-0.05, 0) is 24.1 Å². The minimum atomic E-state index is -0.355. The molecule has 1 amide bonds. The number of rotatable bonds is 6. The van der Waals surface area contributed by atoms with Crippen molar-refractivity contribution in [2.24, 2.45) is 10.2 Å². The summed E-state index contributed by atoms with van der Waals surface area (Å²) in [5.41, 5.74) is 0.912. The van der Waals surface area contributed by atoms with Crippen LogP contribution in [0.15, 0.2) is 34.8 Å². The normalized spacial score (nSPS) is 21.6. The Labute approximate surface area is 130 Å². The third-order valence-electron chi connectivity index (χ3n) is 4.51. The highest BCUT2D eigenvalue weighted by Gasteiger charge is 2.40. The quantitative estimate of drug-likeness (QED) is 0.758. The van der Waals surface area contributed by atoms with Crippen molar-refractivity contribution in [2.45, 2.75) is 43.7 Å². The van der Waals surface area contributed by atoms with Gasteiger partial charge < -0.3 is 4.90 Å². The standard InChI is InChI=1S/C17H20N4O/c1-2-3-8-17(19-20-17)9-4-16(22)21-12-7-15(13-21)14-5-10-18-11-6-14/h1,5-6,10-11,15H,3-4,7-9,12-13H2. The maximum absolute atomic E-state index is 12.4. The van der Waals surface area contributed by atoms with E-state index >= 15 is 0 Å². The molecule has 1 aromatic rings. The molecule has 0 aromatic carbocycles. The average Bonchev–Trinajstić information content (AvgIpc) is 3.16. The van der Waals surface area contributed by atoms with Crippen molar-refractivity contribution >= 4 is 5.91 Å². The van der Waals surface area contributed by atoms with E-state index in [2.05, 4.69) is 21.1 Å². The summed E-state index contributed by atoms with van der Waals surface area (Å²) in [4.78, 5) is 18.4. The predicted molar refractivity (Wildman–Crippen MR) is 83.1 cm³/mol. The van der Waals surface area contributed by atoms with E-state index in [1.54, 1.807) is 0 Å². The third kappa shape index (κ3) is 3.33. The molecule has 1 unspecified atom stereocenters.